The predicted molar refractivity (Wildman–Crippen MR) is 108 cm³/mol. The van der Waals surface area contributed by atoms with Crippen molar-refractivity contribution in [1.82, 2.24) is 14.3 Å². The van der Waals surface area contributed by atoms with Crippen molar-refractivity contribution >= 4 is 39.1 Å². The van der Waals surface area contributed by atoms with E-state index in [0.717, 1.165) is 22.8 Å². The maximum Gasteiger partial charge on any atom is 0.349 e. The van der Waals surface area contributed by atoms with Crippen LogP contribution in [0.4, 0.5) is 11.8 Å². The van der Waals surface area contributed by atoms with Crippen molar-refractivity contribution in [2.75, 3.05) is 57.2 Å². The number of anilines is 2. The lowest BCUT2D eigenvalue weighted by Crippen LogP contribution is -2.49. The van der Waals surface area contributed by atoms with Gasteiger partial charge in [0.1, 0.15) is 15.6 Å². The van der Waals surface area contributed by atoms with Crippen LogP contribution in [0.25, 0.3) is 0 Å². The number of methoxy groups -OCH3 is 1. The highest BCUT2D eigenvalue weighted by Crippen LogP contribution is 2.27. The number of piperazine rings is 1. The van der Waals surface area contributed by atoms with E-state index in [9.17, 15) is 13.2 Å². The summed E-state index contributed by atoms with van der Waals surface area (Å²) >= 11 is 1.06. The lowest BCUT2D eigenvalue weighted by Gasteiger charge is -2.34. The molecule has 0 spiro atoms. The summed E-state index contributed by atoms with van der Waals surface area (Å²) in [6.45, 7) is 3.41. The summed E-state index contributed by atoms with van der Waals surface area (Å²) in [7, 11) is 1.29. The molecule has 0 aliphatic carbocycles. The Kier molecular flexibility index (Phi) is 5.87. The number of aryl methyl sites for hydroxylation is 1. The highest BCUT2D eigenvalue weighted by molar-refractivity contribution is 7.89. The fraction of sp³-hybridized carbons (Fsp3) is 0.471. The van der Waals surface area contributed by atoms with Crippen molar-refractivity contribution in [1.29, 1.82) is 0 Å². The minimum absolute atomic E-state index is 0.000463. The fourth-order valence-corrected chi connectivity index (χ4v) is 5.65. The van der Waals surface area contributed by atoms with Crippen LogP contribution in [-0.4, -0.2) is 76.0 Å². The van der Waals surface area contributed by atoms with Crippen LogP contribution in [0.2, 0.25) is 0 Å². The number of aromatic nitrogens is 2. The van der Waals surface area contributed by atoms with Crippen molar-refractivity contribution in [3.8, 4) is 0 Å². The molecule has 3 heterocycles. The van der Waals surface area contributed by atoms with E-state index in [1.807, 2.05) is 36.9 Å². The molecule has 0 amide bonds. The average molecular weight is 426 g/mol. The third-order valence-corrected chi connectivity index (χ3v) is 7.39. The number of hydrogen-bond donors (Lipinski definition) is 0. The Balaban J connectivity index is 1.77. The first kappa shape index (κ1) is 20.5. The van der Waals surface area contributed by atoms with Gasteiger partial charge in [-0.05, 0) is 18.4 Å². The zero-order valence-corrected chi connectivity index (χ0v) is 17.9. The van der Waals surface area contributed by atoms with Gasteiger partial charge in [-0.25, -0.2) is 18.2 Å². The van der Waals surface area contributed by atoms with E-state index in [4.69, 9.17) is 4.74 Å². The van der Waals surface area contributed by atoms with Crippen molar-refractivity contribution in [2.45, 2.75) is 11.8 Å². The Morgan fingerprint density at radius 1 is 1.21 bits per heavy atom. The number of nitrogens with zero attached hydrogens (tertiary/aromatic N) is 5. The molecule has 1 saturated heterocycles. The first-order chi connectivity index (χ1) is 13.2. The Morgan fingerprint density at radius 2 is 1.89 bits per heavy atom. The van der Waals surface area contributed by atoms with Gasteiger partial charge in [-0.2, -0.15) is 9.29 Å². The van der Waals surface area contributed by atoms with Crippen LogP contribution in [-0.2, 0) is 14.8 Å². The number of esters is 1. The van der Waals surface area contributed by atoms with E-state index < -0.39 is 16.0 Å². The van der Waals surface area contributed by atoms with E-state index in [1.54, 1.807) is 5.38 Å². The van der Waals surface area contributed by atoms with E-state index in [-0.39, 0.29) is 22.9 Å². The number of thiophene rings is 1. The second-order valence-corrected chi connectivity index (χ2v) is 9.38. The minimum Gasteiger partial charge on any atom is -0.465 e. The molecule has 152 valence electrons. The van der Waals surface area contributed by atoms with Crippen LogP contribution in [0.15, 0.2) is 22.4 Å². The molecule has 3 rings (SSSR count). The van der Waals surface area contributed by atoms with Crippen LogP contribution in [0, 0.1) is 6.92 Å². The van der Waals surface area contributed by atoms with Gasteiger partial charge in [-0.3, -0.25) is 0 Å². The molecule has 0 unspecified atom stereocenters. The molecule has 0 bridgehead atoms. The second-order valence-electron chi connectivity index (χ2n) is 6.56. The predicted octanol–water partition coefficient (Wildman–Crippen LogP) is 1.21. The van der Waals surface area contributed by atoms with Crippen LogP contribution in [0.1, 0.15) is 15.4 Å². The second kappa shape index (κ2) is 8.02. The van der Waals surface area contributed by atoms with Gasteiger partial charge in [-0.1, -0.05) is 0 Å². The summed E-state index contributed by atoms with van der Waals surface area (Å²) in [5.74, 6) is 0.752. The molecule has 0 N–H and O–H groups in total. The summed E-state index contributed by atoms with van der Waals surface area (Å²) in [4.78, 5) is 24.9. The van der Waals surface area contributed by atoms with Crippen LogP contribution in [0.3, 0.4) is 0 Å². The summed E-state index contributed by atoms with van der Waals surface area (Å²) in [6, 6.07) is 3.35. The third kappa shape index (κ3) is 3.96. The molecule has 0 radical (unpaired) electrons. The zero-order chi connectivity index (χ0) is 20.5. The normalized spacial score (nSPS) is 15.5. The van der Waals surface area contributed by atoms with Gasteiger partial charge >= 0.3 is 5.97 Å². The zero-order valence-electron chi connectivity index (χ0n) is 16.2. The molecule has 1 fully saturated rings. The van der Waals surface area contributed by atoms with Crippen molar-refractivity contribution in [3.05, 3.63) is 28.1 Å². The molecule has 2 aromatic rings. The van der Waals surface area contributed by atoms with Gasteiger partial charge in [0.2, 0.25) is 16.0 Å². The molecule has 0 atom stereocenters. The quantitative estimate of drug-likeness (QED) is 0.660. The van der Waals surface area contributed by atoms with Crippen LogP contribution >= 0.6 is 11.3 Å². The highest BCUT2D eigenvalue weighted by atomic mass is 32.2. The highest BCUT2D eigenvalue weighted by Gasteiger charge is 2.33. The van der Waals surface area contributed by atoms with E-state index >= 15 is 0 Å². The molecule has 0 aromatic carbocycles. The van der Waals surface area contributed by atoms with Crippen molar-refractivity contribution in [3.63, 3.8) is 0 Å². The number of carbonyl (C=O) groups excluding carboxylic acids is 1. The molecular weight excluding hydrogens is 402 g/mol. The molecule has 0 saturated carbocycles. The number of sulfonamides is 1. The SMILES string of the molecule is COC(=O)c1sccc1S(=O)(=O)N1CCN(c2nc(C)cc(N(C)C)n2)CC1. The number of ether oxygens (including phenoxy) is 1. The Labute approximate surface area is 168 Å². The van der Waals surface area contributed by atoms with E-state index in [0.29, 0.717) is 19.0 Å². The lowest BCUT2D eigenvalue weighted by molar-refractivity contribution is 0.0602. The molecule has 9 nitrogen and oxygen atoms in total. The molecule has 1 aliphatic heterocycles. The molecule has 11 heteroatoms. The smallest absolute Gasteiger partial charge is 0.349 e. The summed E-state index contributed by atoms with van der Waals surface area (Å²) in [5, 5.41) is 1.58. The standard InChI is InChI=1S/C17H23N5O4S2/c1-12-11-14(20(2)3)19-17(18-12)21-6-8-22(9-7-21)28(24,25)13-5-10-27-15(13)16(23)26-4/h5,10-11H,6-9H2,1-4H3. The van der Waals surface area contributed by atoms with Gasteiger partial charge in [0, 0.05) is 52.0 Å². The van der Waals surface area contributed by atoms with Crippen molar-refractivity contribution < 1.29 is 17.9 Å². The van der Waals surface area contributed by atoms with Gasteiger partial charge in [-0.15, -0.1) is 11.3 Å². The third-order valence-electron chi connectivity index (χ3n) is 4.43. The van der Waals surface area contributed by atoms with Gasteiger partial charge in [0.15, 0.2) is 0 Å². The first-order valence-electron chi connectivity index (χ1n) is 8.68. The topological polar surface area (TPSA) is 95.9 Å². The maximum atomic E-state index is 13.0. The molecule has 28 heavy (non-hydrogen) atoms. The first-order valence-corrected chi connectivity index (χ1v) is 11.0. The van der Waals surface area contributed by atoms with Crippen LogP contribution in [0.5, 0.6) is 0 Å². The Hall–Kier alpha value is -2.24. The minimum atomic E-state index is -3.77. The average Bonchev–Trinajstić information content (AvgIpc) is 3.17. The van der Waals surface area contributed by atoms with E-state index in [2.05, 4.69) is 9.97 Å². The Bertz CT molecular complexity index is 966. The largest absolute Gasteiger partial charge is 0.465 e. The molecule has 1 aliphatic rings. The number of rotatable bonds is 5. The summed E-state index contributed by atoms with van der Waals surface area (Å²) < 4.78 is 32.1. The Morgan fingerprint density at radius 3 is 2.50 bits per heavy atom. The van der Waals surface area contributed by atoms with Gasteiger partial charge in [0.25, 0.3) is 0 Å². The van der Waals surface area contributed by atoms with Gasteiger partial charge in [0.05, 0.1) is 7.11 Å². The summed E-state index contributed by atoms with van der Waals surface area (Å²) in [6.07, 6.45) is 0. The van der Waals surface area contributed by atoms with Crippen LogP contribution < -0.4 is 9.80 Å². The van der Waals surface area contributed by atoms with Gasteiger partial charge < -0.3 is 14.5 Å². The van der Waals surface area contributed by atoms with Crippen molar-refractivity contribution in [2.24, 2.45) is 0 Å². The lowest BCUT2D eigenvalue weighted by atomic mass is 10.3. The number of carbonyl (C=O) groups is 1. The maximum absolute atomic E-state index is 13.0. The number of hydrogen-bond acceptors (Lipinski definition) is 9. The molecular formula is C17H23N5O4S2. The monoisotopic (exact) mass is 425 g/mol. The fourth-order valence-electron chi connectivity index (χ4n) is 2.92. The van der Waals surface area contributed by atoms with E-state index in [1.165, 1.54) is 17.5 Å². The molecule has 2 aromatic heterocycles. The summed E-state index contributed by atoms with van der Waals surface area (Å²) in [5.41, 5.74) is 0.852.